The molecule has 2 rings (SSSR count). The van der Waals surface area contributed by atoms with E-state index in [2.05, 4.69) is 5.32 Å². The minimum Gasteiger partial charge on any atom is -0.378 e. The zero-order valence-corrected chi connectivity index (χ0v) is 11.1. The molecular weight excluding hydrogens is 240 g/mol. The topological polar surface area (TPSA) is 75.3 Å². The van der Waals surface area contributed by atoms with Crippen molar-refractivity contribution in [3.8, 4) is 0 Å². The summed E-state index contributed by atoms with van der Waals surface area (Å²) in [7, 11) is 0. The lowest BCUT2D eigenvalue weighted by atomic mass is 10.0. The van der Waals surface area contributed by atoms with E-state index in [1.165, 1.54) is 0 Å². The number of carbonyl (C=O) groups excluding carboxylic acids is 1. The quantitative estimate of drug-likeness (QED) is 0.750. The van der Waals surface area contributed by atoms with Crippen LogP contribution in [0.5, 0.6) is 0 Å². The molecule has 3 atom stereocenters. The fourth-order valence-corrected chi connectivity index (χ4v) is 2.77. The summed E-state index contributed by atoms with van der Waals surface area (Å²) >= 11 is 0. The number of amides is 1. The largest absolute Gasteiger partial charge is 0.378 e. The number of aliphatic hydroxyl groups excluding tert-OH is 1. The Balaban J connectivity index is 1.85. The summed E-state index contributed by atoms with van der Waals surface area (Å²) in [5, 5.41) is 12.9. The van der Waals surface area contributed by atoms with Crippen molar-refractivity contribution >= 4 is 5.91 Å². The number of hydrogen-bond donors (Lipinski definition) is 3. The third kappa shape index (κ3) is 3.78. The van der Waals surface area contributed by atoms with Gasteiger partial charge in [0.1, 0.15) is 0 Å². The Kier molecular flexibility index (Phi) is 4.93. The molecule has 4 heteroatoms. The van der Waals surface area contributed by atoms with E-state index in [0.29, 0.717) is 18.0 Å². The van der Waals surface area contributed by atoms with E-state index >= 15 is 0 Å². The van der Waals surface area contributed by atoms with Crippen LogP contribution in [-0.2, 0) is 4.79 Å². The summed E-state index contributed by atoms with van der Waals surface area (Å²) in [6, 6.07) is 9.20. The monoisotopic (exact) mass is 262 g/mol. The Hall–Kier alpha value is -1.39. The van der Waals surface area contributed by atoms with Gasteiger partial charge < -0.3 is 16.2 Å². The van der Waals surface area contributed by atoms with Crippen LogP contribution < -0.4 is 11.1 Å². The van der Waals surface area contributed by atoms with Crippen LogP contribution in [0.1, 0.15) is 37.4 Å². The molecular formula is C15H22N2O2. The summed E-state index contributed by atoms with van der Waals surface area (Å²) in [5.74, 6) is 0.314. The standard InChI is InChI=1S/C15H22N2O2/c16-9-8-11-6-7-13(10-11)17-15(19)14(18)12-4-2-1-3-5-12/h1-5,11,13-14,18H,6-10,16H2,(H,17,19)/t11?,13?,14-/m0/s1. The van der Waals surface area contributed by atoms with Gasteiger partial charge in [-0.2, -0.15) is 0 Å². The lowest BCUT2D eigenvalue weighted by Gasteiger charge is -2.16. The van der Waals surface area contributed by atoms with Crippen molar-refractivity contribution < 1.29 is 9.90 Å². The van der Waals surface area contributed by atoms with Gasteiger partial charge in [0.05, 0.1) is 0 Å². The van der Waals surface area contributed by atoms with Crippen molar-refractivity contribution in [3.05, 3.63) is 35.9 Å². The van der Waals surface area contributed by atoms with Gasteiger partial charge in [0.25, 0.3) is 5.91 Å². The molecule has 4 nitrogen and oxygen atoms in total. The highest BCUT2D eigenvalue weighted by Crippen LogP contribution is 2.28. The molecule has 0 spiro atoms. The predicted octanol–water partition coefficient (Wildman–Crippen LogP) is 1.35. The minimum absolute atomic E-state index is 0.183. The maximum absolute atomic E-state index is 12.0. The van der Waals surface area contributed by atoms with Crippen molar-refractivity contribution in [1.29, 1.82) is 0 Å². The van der Waals surface area contributed by atoms with Crippen molar-refractivity contribution in [3.63, 3.8) is 0 Å². The van der Waals surface area contributed by atoms with Gasteiger partial charge in [-0.1, -0.05) is 30.3 Å². The average Bonchev–Trinajstić information content (AvgIpc) is 2.86. The summed E-state index contributed by atoms with van der Waals surface area (Å²) in [4.78, 5) is 12.0. The molecule has 104 valence electrons. The van der Waals surface area contributed by atoms with Gasteiger partial charge in [-0.15, -0.1) is 0 Å². The number of hydrogen-bond acceptors (Lipinski definition) is 3. The molecule has 1 aromatic rings. The summed E-state index contributed by atoms with van der Waals surface area (Å²) < 4.78 is 0. The summed E-state index contributed by atoms with van der Waals surface area (Å²) in [5.41, 5.74) is 6.19. The second-order valence-corrected chi connectivity index (χ2v) is 5.28. The van der Waals surface area contributed by atoms with Crippen LogP contribution in [0.3, 0.4) is 0 Å². The second-order valence-electron chi connectivity index (χ2n) is 5.28. The molecule has 0 heterocycles. The molecule has 1 saturated carbocycles. The Labute approximate surface area is 114 Å². The van der Waals surface area contributed by atoms with E-state index < -0.39 is 6.10 Å². The van der Waals surface area contributed by atoms with Crippen molar-refractivity contribution in [2.24, 2.45) is 11.7 Å². The van der Waals surface area contributed by atoms with Gasteiger partial charge in [-0.3, -0.25) is 4.79 Å². The molecule has 1 fully saturated rings. The lowest BCUT2D eigenvalue weighted by Crippen LogP contribution is -2.36. The van der Waals surface area contributed by atoms with Crippen molar-refractivity contribution in [2.45, 2.75) is 37.8 Å². The first-order chi connectivity index (χ1) is 9.20. The fraction of sp³-hybridized carbons (Fsp3) is 0.533. The number of nitrogens with one attached hydrogen (secondary N) is 1. The van der Waals surface area contributed by atoms with E-state index in [9.17, 15) is 9.90 Å². The summed E-state index contributed by atoms with van der Waals surface area (Å²) in [6.07, 6.45) is 3.02. The van der Waals surface area contributed by atoms with Gasteiger partial charge in [-0.05, 0) is 43.7 Å². The van der Waals surface area contributed by atoms with Crippen molar-refractivity contribution in [1.82, 2.24) is 5.32 Å². The SMILES string of the molecule is NCCC1CCC(NC(=O)[C@@H](O)c2ccccc2)C1. The first-order valence-electron chi connectivity index (χ1n) is 6.94. The first-order valence-corrected chi connectivity index (χ1v) is 6.94. The highest BCUT2D eigenvalue weighted by Gasteiger charge is 2.27. The molecule has 0 saturated heterocycles. The van der Waals surface area contributed by atoms with Gasteiger partial charge in [0.2, 0.25) is 0 Å². The van der Waals surface area contributed by atoms with E-state index in [0.717, 1.165) is 25.7 Å². The Morgan fingerprint density at radius 1 is 1.37 bits per heavy atom. The molecule has 0 bridgehead atoms. The molecule has 1 aromatic carbocycles. The van der Waals surface area contributed by atoms with Gasteiger partial charge >= 0.3 is 0 Å². The number of carbonyl (C=O) groups is 1. The van der Waals surface area contributed by atoms with Crippen LogP contribution in [0.15, 0.2) is 30.3 Å². The highest BCUT2D eigenvalue weighted by atomic mass is 16.3. The summed E-state index contributed by atoms with van der Waals surface area (Å²) in [6.45, 7) is 0.706. The smallest absolute Gasteiger partial charge is 0.253 e. The number of benzene rings is 1. The molecule has 0 aliphatic heterocycles. The lowest BCUT2D eigenvalue weighted by molar-refractivity contribution is -0.130. The van der Waals surface area contributed by atoms with E-state index in [1.54, 1.807) is 12.1 Å². The predicted molar refractivity (Wildman–Crippen MR) is 74.3 cm³/mol. The van der Waals surface area contributed by atoms with Crippen molar-refractivity contribution in [2.75, 3.05) is 6.54 Å². The number of aliphatic hydroxyl groups is 1. The normalized spacial score (nSPS) is 24.1. The third-order valence-electron chi connectivity index (χ3n) is 3.83. The van der Waals surface area contributed by atoms with E-state index in [-0.39, 0.29) is 11.9 Å². The Morgan fingerprint density at radius 3 is 2.79 bits per heavy atom. The number of nitrogens with two attached hydrogens (primary N) is 1. The maximum Gasteiger partial charge on any atom is 0.253 e. The molecule has 0 radical (unpaired) electrons. The van der Waals surface area contributed by atoms with Gasteiger partial charge in [0.15, 0.2) is 6.10 Å². The zero-order valence-electron chi connectivity index (χ0n) is 11.1. The van der Waals surface area contributed by atoms with Crippen LogP contribution in [0.4, 0.5) is 0 Å². The number of rotatable bonds is 5. The molecule has 1 amide bonds. The third-order valence-corrected chi connectivity index (χ3v) is 3.83. The Bertz CT molecular complexity index is 408. The molecule has 19 heavy (non-hydrogen) atoms. The highest BCUT2D eigenvalue weighted by molar-refractivity contribution is 5.82. The van der Waals surface area contributed by atoms with Crippen LogP contribution in [0, 0.1) is 5.92 Å². The van der Waals surface area contributed by atoms with E-state index in [1.807, 2.05) is 18.2 Å². The zero-order chi connectivity index (χ0) is 13.7. The maximum atomic E-state index is 12.0. The molecule has 1 aliphatic rings. The minimum atomic E-state index is -1.07. The second kappa shape index (κ2) is 6.68. The first kappa shape index (κ1) is 14.0. The molecule has 4 N–H and O–H groups in total. The van der Waals surface area contributed by atoms with Crippen LogP contribution in [-0.4, -0.2) is 23.6 Å². The van der Waals surface area contributed by atoms with Gasteiger partial charge in [-0.25, -0.2) is 0 Å². The molecule has 0 aromatic heterocycles. The van der Waals surface area contributed by atoms with Crippen LogP contribution >= 0.6 is 0 Å². The fourth-order valence-electron chi connectivity index (χ4n) is 2.77. The van der Waals surface area contributed by atoms with Gasteiger partial charge in [0, 0.05) is 6.04 Å². The molecule has 1 aliphatic carbocycles. The van der Waals surface area contributed by atoms with Crippen LogP contribution in [0.2, 0.25) is 0 Å². The Morgan fingerprint density at radius 2 is 2.11 bits per heavy atom. The van der Waals surface area contributed by atoms with Crippen LogP contribution in [0.25, 0.3) is 0 Å². The molecule has 2 unspecified atom stereocenters. The van der Waals surface area contributed by atoms with E-state index in [4.69, 9.17) is 5.73 Å². The average molecular weight is 262 g/mol.